The number of nitro benzene ring substituents is 1. The molecule has 0 spiro atoms. The zero-order valence-electron chi connectivity index (χ0n) is 10.4. The van der Waals surface area contributed by atoms with Gasteiger partial charge < -0.3 is 5.32 Å². The van der Waals surface area contributed by atoms with E-state index in [0.717, 1.165) is 0 Å². The second-order valence-electron chi connectivity index (χ2n) is 3.99. The zero-order valence-corrected chi connectivity index (χ0v) is 14.4. The number of amides is 1. The maximum absolute atomic E-state index is 12.1. The standard InChI is InChI=1S/C11H7Br2ClN4O3/c1-17-4-8(14)10(16-17)11(19)15-9-6(12)2-5(18(20)21)3-7(9)13/h2-4H,1H3,(H,15,19). The molecule has 2 rings (SSSR count). The van der Waals surface area contributed by atoms with Crippen LogP contribution in [0.4, 0.5) is 11.4 Å². The van der Waals surface area contributed by atoms with Gasteiger partial charge in [0.2, 0.25) is 0 Å². The highest BCUT2D eigenvalue weighted by Crippen LogP contribution is 2.35. The van der Waals surface area contributed by atoms with E-state index < -0.39 is 10.8 Å². The third kappa shape index (κ3) is 3.42. The number of anilines is 1. The van der Waals surface area contributed by atoms with Crippen molar-refractivity contribution in [2.75, 3.05) is 5.32 Å². The predicted molar refractivity (Wildman–Crippen MR) is 84.7 cm³/mol. The van der Waals surface area contributed by atoms with Crippen LogP contribution in [0, 0.1) is 10.1 Å². The minimum absolute atomic E-state index is 0.0660. The van der Waals surface area contributed by atoms with Crippen molar-refractivity contribution in [2.45, 2.75) is 0 Å². The molecule has 1 amide bonds. The first kappa shape index (κ1) is 15.9. The molecule has 0 aliphatic carbocycles. The van der Waals surface area contributed by atoms with E-state index >= 15 is 0 Å². The minimum atomic E-state index is -0.531. The maximum atomic E-state index is 12.1. The Hall–Kier alpha value is -1.45. The van der Waals surface area contributed by atoms with Crippen molar-refractivity contribution in [3.63, 3.8) is 0 Å². The van der Waals surface area contributed by atoms with E-state index in [1.54, 1.807) is 7.05 Å². The van der Waals surface area contributed by atoms with Gasteiger partial charge >= 0.3 is 0 Å². The lowest BCUT2D eigenvalue weighted by Gasteiger charge is -2.08. The number of rotatable bonds is 3. The molecule has 1 aromatic heterocycles. The predicted octanol–water partition coefficient (Wildman–Crippen LogP) is 3.76. The van der Waals surface area contributed by atoms with Crippen molar-refractivity contribution >= 4 is 60.7 Å². The summed E-state index contributed by atoms with van der Waals surface area (Å²) in [6, 6.07) is 2.58. The van der Waals surface area contributed by atoms with Crippen molar-refractivity contribution < 1.29 is 9.72 Å². The van der Waals surface area contributed by atoms with Gasteiger partial charge in [0.1, 0.15) is 0 Å². The molecule has 0 atom stereocenters. The number of halogens is 3. The van der Waals surface area contributed by atoms with Gasteiger partial charge in [-0.15, -0.1) is 0 Å². The van der Waals surface area contributed by atoms with Crippen LogP contribution in [0.15, 0.2) is 27.3 Å². The molecule has 0 saturated heterocycles. The second kappa shape index (κ2) is 6.12. The number of nitrogens with zero attached hydrogens (tertiary/aromatic N) is 3. The summed E-state index contributed by atoms with van der Waals surface area (Å²) in [5.74, 6) is -0.518. The first-order valence-electron chi connectivity index (χ1n) is 5.43. The Morgan fingerprint density at radius 1 is 1.43 bits per heavy atom. The molecule has 10 heteroatoms. The molecule has 0 fully saturated rings. The lowest BCUT2D eigenvalue weighted by Crippen LogP contribution is -2.14. The average Bonchev–Trinajstić information content (AvgIpc) is 2.72. The van der Waals surface area contributed by atoms with Crippen molar-refractivity contribution in [2.24, 2.45) is 7.05 Å². The smallest absolute Gasteiger partial charge is 0.277 e. The third-order valence-corrected chi connectivity index (χ3v) is 4.00. The molecule has 2 aromatic rings. The number of nitrogens with one attached hydrogen (secondary N) is 1. The first-order valence-corrected chi connectivity index (χ1v) is 7.40. The van der Waals surface area contributed by atoms with Gasteiger partial charge in [-0.05, 0) is 31.9 Å². The van der Waals surface area contributed by atoms with Gasteiger partial charge in [-0.1, -0.05) is 11.6 Å². The Balaban J connectivity index is 2.34. The number of hydrogen-bond acceptors (Lipinski definition) is 4. The van der Waals surface area contributed by atoms with E-state index in [-0.39, 0.29) is 16.4 Å². The molecule has 1 N–H and O–H groups in total. The Kier molecular flexibility index (Phi) is 4.64. The average molecular weight is 438 g/mol. The lowest BCUT2D eigenvalue weighted by atomic mass is 10.2. The second-order valence-corrected chi connectivity index (χ2v) is 6.11. The number of carbonyl (C=O) groups excluding carboxylic acids is 1. The molecular weight excluding hydrogens is 431 g/mol. The Labute approximate surface area is 140 Å². The van der Waals surface area contributed by atoms with E-state index in [9.17, 15) is 14.9 Å². The van der Waals surface area contributed by atoms with Gasteiger partial charge in [-0.3, -0.25) is 19.6 Å². The number of hydrogen-bond donors (Lipinski definition) is 1. The summed E-state index contributed by atoms with van der Waals surface area (Å²) < 4.78 is 2.14. The van der Waals surface area contributed by atoms with E-state index in [2.05, 4.69) is 42.3 Å². The molecule has 0 aliphatic heterocycles. The summed E-state index contributed by atoms with van der Waals surface area (Å²) in [5.41, 5.74) is 0.311. The molecule has 110 valence electrons. The van der Waals surface area contributed by atoms with Crippen LogP contribution in [0.25, 0.3) is 0 Å². The van der Waals surface area contributed by atoms with Crippen LogP contribution in [-0.2, 0) is 7.05 Å². The zero-order chi connectivity index (χ0) is 15.7. The molecule has 0 radical (unpaired) electrons. The first-order chi connectivity index (χ1) is 9.79. The number of non-ortho nitro benzene ring substituents is 1. The van der Waals surface area contributed by atoms with Crippen molar-refractivity contribution in [3.8, 4) is 0 Å². The van der Waals surface area contributed by atoms with E-state index in [4.69, 9.17) is 11.6 Å². The summed E-state index contributed by atoms with van der Waals surface area (Å²) in [6.45, 7) is 0. The molecule has 1 heterocycles. The summed E-state index contributed by atoms with van der Waals surface area (Å²) in [5, 5.41) is 17.5. The molecular formula is C11H7Br2ClN4O3. The van der Waals surface area contributed by atoms with E-state index in [0.29, 0.717) is 14.6 Å². The fourth-order valence-corrected chi connectivity index (χ4v) is 3.20. The molecule has 0 aliphatic rings. The number of aromatic nitrogens is 2. The van der Waals surface area contributed by atoms with Gasteiger partial charge in [0.25, 0.3) is 11.6 Å². The van der Waals surface area contributed by atoms with Crippen LogP contribution in [0.1, 0.15) is 10.5 Å². The van der Waals surface area contributed by atoms with Gasteiger partial charge in [0.05, 0.1) is 15.6 Å². The lowest BCUT2D eigenvalue weighted by molar-refractivity contribution is -0.385. The van der Waals surface area contributed by atoms with Gasteiger partial charge in [0.15, 0.2) is 5.69 Å². The number of benzene rings is 1. The largest absolute Gasteiger partial charge is 0.319 e. The normalized spacial score (nSPS) is 10.5. The topological polar surface area (TPSA) is 90.1 Å². The summed E-state index contributed by atoms with van der Waals surface area (Å²) >= 11 is 12.3. The van der Waals surface area contributed by atoms with Gasteiger partial charge in [-0.2, -0.15) is 5.10 Å². The number of nitro groups is 1. The molecule has 21 heavy (non-hydrogen) atoms. The third-order valence-electron chi connectivity index (χ3n) is 2.48. The number of carbonyl (C=O) groups is 1. The highest BCUT2D eigenvalue weighted by atomic mass is 79.9. The highest BCUT2D eigenvalue weighted by Gasteiger charge is 2.19. The Morgan fingerprint density at radius 2 is 2.00 bits per heavy atom. The molecule has 7 nitrogen and oxygen atoms in total. The Bertz CT molecular complexity index is 724. The van der Waals surface area contributed by atoms with Crippen molar-refractivity contribution in [1.29, 1.82) is 0 Å². The Morgan fingerprint density at radius 3 is 2.43 bits per heavy atom. The van der Waals surface area contributed by atoms with Crippen LogP contribution in [0.5, 0.6) is 0 Å². The van der Waals surface area contributed by atoms with Crippen LogP contribution >= 0.6 is 43.5 Å². The maximum Gasteiger partial charge on any atom is 0.277 e. The molecule has 0 unspecified atom stereocenters. The van der Waals surface area contributed by atoms with Crippen LogP contribution in [0.2, 0.25) is 5.02 Å². The van der Waals surface area contributed by atoms with Gasteiger partial charge in [-0.25, -0.2) is 0 Å². The SMILES string of the molecule is Cn1cc(Cl)c(C(=O)Nc2c(Br)cc([N+](=O)[O-])cc2Br)n1. The fourth-order valence-electron chi connectivity index (χ4n) is 1.57. The van der Waals surface area contributed by atoms with E-state index in [1.807, 2.05) is 0 Å². The molecule has 0 bridgehead atoms. The van der Waals surface area contributed by atoms with Crippen LogP contribution in [0.3, 0.4) is 0 Å². The van der Waals surface area contributed by atoms with Gasteiger partial charge in [0, 0.05) is 34.3 Å². The van der Waals surface area contributed by atoms with Crippen LogP contribution < -0.4 is 5.32 Å². The fraction of sp³-hybridized carbons (Fsp3) is 0.0909. The molecule has 0 saturated carbocycles. The summed E-state index contributed by atoms with van der Waals surface area (Å²) in [7, 11) is 1.64. The highest BCUT2D eigenvalue weighted by molar-refractivity contribution is 9.11. The summed E-state index contributed by atoms with van der Waals surface area (Å²) in [6.07, 6.45) is 1.50. The van der Waals surface area contributed by atoms with Crippen molar-refractivity contribution in [1.82, 2.24) is 9.78 Å². The minimum Gasteiger partial charge on any atom is -0.319 e. The quantitative estimate of drug-likeness (QED) is 0.584. The molecule has 1 aromatic carbocycles. The van der Waals surface area contributed by atoms with Crippen LogP contribution in [-0.4, -0.2) is 20.6 Å². The number of aryl methyl sites for hydroxylation is 1. The monoisotopic (exact) mass is 436 g/mol. The van der Waals surface area contributed by atoms with Crippen molar-refractivity contribution in [3.05, 3.63) is 48.1 Å². The van der Waals surface area contributed by atoms with E-state index in [1.165, 1.54) is 23.0 Å². The summed E-state index contributed by atoms with van der Waals surface area (Å²) in [4.78, 5) is 22.3.